The van der Waals surface area contributed by atoms with Gasteiger partial charge in [-0.05, 0) is 11.1 Å². The van der Waals surface area contributed by atoms with Gasteiger partial charge in [0.15, 0.2) is 11.2 Å². The molecule has 0 fully saturated rings. The first-order valence-electron chi connectivity index (χ1n) is 6.17. The summed E-state index contributed by atoms with van der Waals surface area (Å²) >= 11 is 0. The van der Waals surface area contributed by atoms with Crippen molar-refractivity contribution < 1.29 is 0 Å². The number of benzene rings is 1. The van der Waals surface area contributed by atoms with Crippen LogP contribution in [-0.2, 0) is 13.1 Å². The van der Waals surface area contributed by atoms with Crippen molar-refractivity contribution in [2.24, 2.45) is 5.73 Å². The van der Waals surface area contributed by atoms with Crippen LogP contribution < -0.4 is 17.0 Å². The summed E-state index contributed by atoms with van der Waals surface area (Å²) in [5, 5.41) is 0. The molecule has 0 aliphatic carbocycles. The molecule has 0 spiro atoms. The Bertz CT molecular complexity index is 819. The Morgan fingerprint density at radius 2 is 2.00 bits per heavy atom. The topological polar surface area (TPSA) is 116 Å². The standard InChI is InChI=1S/C13H14N6O/c14-5-8-3-1-2-4-9(8)6-19-12(20)10-11(17-7-16-10)18-13(19)15/h1-4,7H,5-6,14H2,(H2,15,18)(H,16,17). The molecule has 20 heavy (non-hydrogen) atoms. The van der Waals surface area contributed by atoms with Gasteiger partial charge in [0.25, 0.3) is 5.56 Å². The average molecular weight is 270 g/mol. The van der Waals surface area contributed by atoms with E-state index in [0.717, 1.165) is 11.1 Å². The highest BCUT2D eigenvalue weighted by Gasteiger charge is 2.12. The minimum absolute atomic E-state index is 0.151. The van der Waals surface area contributed by atoms with Gasteiger partial charge in [-0.2, -0.15) is 4.98 Å². The van der Waals surface area contributed by atoms with Crippen molar-refractivity contribution in [3.8, 4) is 0 Å². The fourth-order valence-electron chi connectivity index (χ4n) is 2.17. The van der Waals surface area contributed by atoms with Crippen LogP contribution in [0.4, 0.5) is 5.95 Å². The van der Waals surface area contributed by atoms with Crippen molar-refractivity contribution in [1.82, 2.24) is 19.5 Å². The van der Waals surface area contributed by atoms with Gasteiger partial charge < -0.3 is 16.5 Å². The first kappa shape index (κ1) is 12.4. The zero-order valence-electron chi connectivity index (χ0n) is 10.7. The van der Waals surface area contributed by atoms with E-state index in [9.17, 15) is 4.79 Å². The predicted octanol–water partition coefficient (Wildman–Crippen LogP) is 0.209. The second-order valence-electron chi connectivity index (χ2n) is 4.43. The molecule has 7 heteroatoms. The lowest BCUT2D eigenvalue weighted by atomic mass is 10.1. The molecule has 102 valence electrons. The maximum Gasteiger partial charge on any atom is 0.283 e. The molecule has 0 radical (unpaired) electrons. The van der Waals surface area contributed by atoms with Gasteiger partial charge in [0.2, 0.25) is 5.95 Å². The van der Waals surface area contributed by atoms with Crippen molar-refractivity contribution in [2.45, 2.75) is 13.1 Å². The van der Waals surface area contributed by atoms with Crippen LogP contribution in [0.1, 0.15) is 11.1 Å². The zero-order valence-corrected chi connectivity index (χ0v) is 10.7. The van der Waals surface area contributed by atoms with Crippen LogP contribution in [0, 0.1) is 0 Å². The number of rotatable bonds is 3. The van der Waals surface area contributed by atoms with Crippen LogP contribution in [0.3, 0.4) is 0 Å². The van der Waals surface area contributed by atoms with Crippen LogP contribution in [0.2, 0.25) is 0 Å². The molecule has 0 saturated carbocycles. The number of hydrogen-bond acceptors (Lipinski definition) is 5. The maximum absolute atomic E-state index is 12.3. The number of imidazole rings is 1. The molecule has 3 aromatic rings. The summed E-state index contributed by atoms with van der Waals surface area (Å²) in [5.74, 6) is 0.151. The van der Waals surface area contributed by atoms with Crippen LogP contribution in [0.15, 0.2) is 35.4 Å². The number of fused-ring (bicyclic) bond motifs is 1. The molecule has 1 aromatic carbocycles. The largest absolute Gasteiger partial charge is 0.369 e. The van der Waals surface area contributed by atoms with E-state index in [1.807, 2.05) is 24.3 Å². The summed E-state index contributed by atoms with van der Waals surface area (Å²) in [4.78, 5) is 23.2. The van der Waals surface area contributed by atoms with Crippen molar-refractivity contribution in [2.75, 3.05) is 5.73 Å². The second kappa shape index (κ2) is 4.78. The molecule has 3 rings (SSSR count). The van der Waals surface area contributed by atoms with Crippen LogP contribution in [-0.4, -0.2) is 19.5 Å². The molecular weight excluding hydrogens is 256 g/mol. The second-order valence-corrected chi connectivity index (χ2v) is 4.43. The van der Waals surface area contributed by atoms with Crippen LogP contribution >= 0.6 is 0 Å². The third-order valence-corrected chi connectivity index (χ3v) is 3.24. The quantitative estimate of drug-likeness (QED) is 0.629. The van der Waals surface area contributed by atoms with E-state index in [0.29, 0.717) is 18.7 Å². The van der Waals surface area contributed by atoms with E-state index in [2.05, 4.69) is 15.0 Å². The lowest BCUT2D eigenvalue weighted by molar-refractivity contribution is 0.752. The summed E-state index contributed by atoms with van der Waals surface area (Å²) < 4.78 is 1.40. The molecule has 0 aliphatic heterocycles. The number of nitrogen functional groups attached to an aromatic ring is 1. The third kappa shape index (κ3) is 1.94. The first-order chi connectivity index (χ1) is 9.70. The Hall–Kier alpha value is -2.67. The Labute approximate surface area is 114 Å². The molecular formula is C13H14N6O. The summed E-state index contributed by atoms with van der Waals surface area (Å²) in [6.45, 7) is 0.733. The van der Waals surface area contributed by atoms with E-state index >= 15 is 0 Å². The highest BCUT2D eigenvalue weighted by Crippen LogP contribution is 2.12. The van der Waals surface area contributed by atoms with E-state index in [1.165, 1.54) is 10.9 Å². The highest BCUT2D eigenvalue weighted by atomic mass is 16.1. The minimum atomic E-state index is -0.263. The zero-order chi connectivity index (χ0) is 14.1. The number of aromatic amines is 1. The van der Waals surface area contributed by atoms with Gasteiger partial charge in [-0.1, -0.05) is 24.3 Å². The fourth-order valence-corrected chi connectivity index (χ4v) is 2.17. The van der Waals surface area contributed by atoms with Gasteiger partial charge in [-0.3, -0.25) is 9.36 Å². The normalized spacial score (nSPS) is 11.1. The Balaban J connectivity index is 2.13. The lowest BCUT2D eigenvalue weighted by Gasteiger charge is -2.11. The Kier molecular flexibility index (Phi) is 2.96. The molecule has 0 bridgehead atoms. The number of anilines is 1. The third-order valence-electron chi connectivity index (χ3n) is 3.24. The highest BCUT2D eigenvalue weighted by molar-refractivity contribution is 5.69. The summed E-state index contributed by atoms with van der Waals surface area (Å²) in [5.41, 5.74) is 13.9. The molecule has 2 heterocycles. The SMILES string of the molecule is NCc1ccccc1Cn1c(N)nc2[nH]cnc2c1=O. The number of H-pyrrole nitrogens is 1. The first-order valence-corrected chi connectivity index (χ1v) is 6.17. The van der Waals surface area contributed by atoms with Crippen molar-refractivity contribution in [1.29, 1.82) is 0 Å². The van der Waals surface area contributed by atoms with Crippen molar-refractivity contribution in [3.05, 3.63) is 52.1 Å². The minimum Gasteiger partial charge on any atom is -0.369 e. The molecule has 7 nitrogen and oxygen atoms in total. The van der Waals surface area contributed by atoms with Gasteiger partial charge in [0, 0.05) is 6.54 Å². The molecule has 2 aromatic heterocycles. The molecule has 5 N–H and O–H groups in total. The summed E-state index contributed by atoms with van der Waals surface area (Å²) in [6, 6.07) is 7.66. The van der Waals surface area contributed by atoms with Crippen molar-refractivity contribution >= 4 is 17.1 Å². The lowest BCUT2D eigenvalue weighted by Crippen LogP contribution is -2.25. The van der Waals surface area contributed by atoms with Crippen LogP contribution in [0.5, 0.6) is 0 Å². The fraction of sp³-hybridized carbons (Fsp3) is 0.154. The number of nitrogens with two attached hydrogens (primary N) is 2. The molecule has 0 saturated heterocycles. The van der Waals surface area contributed by atoms with Crippen molar-refractivity contribution in [3.63, 3.8) is 0 Å². The maximum atomic E-state index is 12.3. The number of nitrogens with zero attached hydrogens (tertiary/aromatic N) is 3. The molecule has 0 amide bonds. The monoisotopic (exact) mass is 270 g/mol. The number of nitrogens with one attached hydrogen (secondary N) is 1. The van der Waals surface area contributed by atoms with E-state index in [-0.39, 0.29) is 17.0 Å². The molecule has 0 atom stereocenters. The van der Waals surface area contributed by atoms with Gasteiger partial charge >= 0.3 is 0 Å². The van der Waals surface area contributed by atoms with E-state index in [4.69, 9.17) is 11.5 Å². The summed E-state index contributed by atoms with van der Waals surface area (Å²) in [6.07, 6.45) is 1.43. The molecule has 0 unspecified atom stereocenters. The Morgan fingerprint density at radius 3 is 2.75 bits per heavy atom. The number of hydrogen-bond donors (Lipinski definition) is 3. The average Bonchev–Trinajstić information content (AvgIpc) is 2.92. The van der Waals surface area contributed by atoms with Gasteiger partial charge in [-0.15, -0.1) is 0 Å². The van der Waals surface area contributed by atoms with Gasteiger partial charge in [0.05, 0.1) is 12.9 Å². The van der Waals surface area contributed by atoms with Gasteiger partial charge in [-0.25, -0.2) is 4.98 Å². The van der Waals surface area contributed by atoms with E-state index < -0.39 is 0 Å². The smallest absolute Gasteiger partial charge is 0.283 e. The Morgan fingerprint density at radius 1 is 1.25 bits per heavy atom. The predicted molar refractivity (Wildman–Crippen MR) is 76.0 cm³/mol. The van der Waals surface area contributed by atoms with E-state index in [1.54, 1.807) is 0 Å². The van der Waals surface area contributed by atoms with Crippen LogP contribution in [0.25, 0.3) is 11.2 Å². The number of aromatic nitrogens is 4. The van der Waals surface area contributed by atoms with Gasteiger partial charge in [0.1, 0.15) is 0 Å². The molecule has 0 aliphatic rings. The summed E-state index contributed by atoms with van der Waals surface area (Å²) in [7, 11) is 0.